The van der Waals surface area contributed by atoms with E-state index in [1.54, 1.807) is 25.6 Å². The van der Waals surface area contributed by atoms with Gasteiger partial charge in [0.15, 0.2) is 4.80 Å². The molecule has 0 bridgehead atoms. The van der Waals surface area contributed by atoms with Crippen LogP contribution in [0.5, 0.6) is 5.75 Å². The molecule has 0 spiro atoms. The maximum atomic E-state index is 5.15. The van der Waals surface area contributed by atoms with Crippen LogP contribution in [0.2, 0.25) is 0 Å². The van der Waals surface area contributed by atoms with Gasteiger partial charge in [-0.15, -0.1) is 11.3 Å². The quantitative estimate of drug-likeness (QED) is 0.767. The summed E-state index contributed by atoms with van der Waals surface area (Å²) in [5.41, 5.74) is 2.17. The summed E-state index contributed by atoms with van der Waals surface area (Å²) in [7, 11) is 3.40. The number of hydrogen-bond donors (Lipinski definition) is 0. The molecular formula is C15H20N2O2S. The van der Waals surface area contributed by atoms with Gasteiger partial charge in [0.05, 0.1) is 12.8 Å². The average molecular weight is 292 g/mol. The molecule has 0 radical (unpaired) electrons. The van der Waals surface area contributed by atoms with E-state index in [0.717, 1.165) is 35.8 Å². The van der Waals surface area contributed by atoms with Crippen LogP contribution in [0.1, 0.15) is 12.1 Å². The van der Waals surface area contributed by atoms with Gasteiger partial charge in [0.25, 0.3) is 0 Å². The van der Waals surface area contributed by atoms with Crippen LogP contribution < -0.4 is 9.54 Å². The first kappa shape index (κ1) is 14.8. The van der Waals surface area contributed by atoms with Gasteiger partial charge in [-0.2, -0.15) is 0 Å². The van der Waals surface area contributed by atoms with Gasteiger partial charge in [-0.25, -0.2) is 4.99 Å². The molecule has 0 N–H and O–H groups in total. The van der Waals surface area contributed by atoms with Crippen molar-refractivity contribution in [2.45, 2.75) is 19.9 Å². The van der Waals surface area contributed by atoms with E-state index in [1.807, 2.05) is 24.3 Å². The van der Waals surface area contributed by atoms with Crippen molar-refractivity contribution >= 4 is 17.0 Å². The Hall–Kier alpha value is -1.59. The highest BCUT2D eigenvalue weighted by atomic mass is 32.1. The zero-order valence-corrected chi connectivity index (χ0v) is 12.9. The Kier molecular flexibility index (Phi) is 5.38. The summed E-state index contributed by atoms with van der Waals surface area (Å²) in [4.78, 5) is 5.72. The molecule has 2 aromatic rings. The van der Waals surface area contributed by atoms with Gasteiger partial charge < -0.3 is 14.0 Å². The van der Waals surface area contributed by atoms with Gasteiger partial charge in [0.1, 0.15) is 5.75 Å². The van der Waals surface area contributed by atoms with E-state index in [2.05, 4.69) is 16.9 Å². The number of rotatable bonds is 6. The Bertz CT molecular complexity index is 599. The second kappa shape index (κ2) is 7.26. The average Bonchev–Trinajstić information content (AvgIpc) is 2.81. The maximum absolute atomic E-state index is 5.15. The lowest BCUT2D eigenvalue weighted by molar-refractivity contribution is 0.190. The fraction of sp³-hybridized carbons (Fsp3) is 0.400. The number of methoxy groups -OCH3 is 2. The highest BCUT2D eigenvalue weighted by molar-refractivity contribution is 7.07. The molecule has 5 heteroatoms. The fourth-order valence-electron chi connectivity index (χ4n) is 1.91. The molecule has 0 aliphatic carbocycles. The van der Waals surface area contributed by atoms with Crippen molar-refractivity contribution in [3.8, 4) is 5.75 Å². The van der Waals surface area contributed by atoms with E-state index >= 15 is 0 Å². The molecule has 1 aromatic heterocycles. The Balaban J connectivity index is 2.24. The standard InChI is InChI=1S/C15H20N2O2S/c1-12-11-20-15(17(12)9-4-10-18-2)16-13-5-7-14(19-3)8-6-13/h5-8,11H,4,9-10H2,1-3H3. The zero-order valence-electron chi connectivity index (χ0n) is 12.1. The van der Waals surface area contributed by atoms with Crippen molar-refractivity contribution in [1.29, 1.82) is 0 Å². The summed E-state index contributed by atoms with van der Waals surface area (Å²) in [5, 5.41) is 2.13. The van der Waals surface area contributed by atoms with E-state index in [-0.39, 0.29) is 0 Å². The number of hydrogen-bond acceptors (Lipinski definition) is 4. The lowest BCUT2D eigenvalue weighted by Crippen LogP contribution is -2.17. The first-order valence-corrected chi connectivity index (χ1v) is 7.45. The molecule has 0 unspecified atom stereocenters. The molecule has 4 nitrogen and oxygen atoms in total. The maximum Gasteiger partial charge on any atom is 0.190 e. The van der Waals surface area contributed by atoms with Crippen LogP contribution in [0, 0.1) is 6.92 Å². The van der Waals surface area contributed by atoms with Crippen molar-refractivity contribution in [2.24, 2.45) is 4.99 Å². The van der Waals surface area contributed by atoms with Crippen LogP contribution in [0.15, 0.2) is 34.6 Å². The molecule has 0 atom stereocenters. The van der Waals surface area contributed by atoms with Gasteiger partial charge in [0.2, 0.25) is 0 Å². The minimum absolute atomic E-state index is 0.768. The second-order valence-corrected chi connectivity index (χ2v) is 5.30. The smallest absolute Gasteiger partial charge is 0.190 e. The third kappa shape index (κ3) is 3.71. The molecule has 0 aliphatic rings. The summed E-state index contributed by atoms with van der Waals surface area (Å²) in [5.74, 6) is 0.847. The molecule has 20 heavy (non-hydrogen) atoms. The molecule has 108 valence electrons. The molecule has 0 saturated carbocycles. The van der Waals surface area contributed by atoms with E-state index in [1.165, 1.54) is 5.69 Å². The van der Waals surface area contributed by atoms with Gasteiger partial charge >= 0.3 is 0 Å². The van der Waals surface area contributed by atoms with Crippen LogP contribution in [0.4, 0.5) is 5.69 Å². The fourth-order valence-corrected chi connectivity index (χ4v) is 2.83. The minimum Gasteiger partial charge on any atom is -0.497 e. The molecule has 1 aromatic carbocycles. The number of ether oxygens (including phenoxy) is 2. The number of benzene rings is 1. The van der Waals surface area contributed by atoms with Crippen molar-refractivity contribution in [1.82, 2.24) is 4.57 Å². The van der Waals surface area contributed by atoms with E-state index in [0.29, 0.717) is 0 Å². The number of aromatic nitrogens is 1. The van der Waals surface area contributed by atoms with Crippen LogP contribution in [0.25, 0.3) is 0 Å². The van der Waals surface area contributed by atoms with Crippen molar-refractivity contribution in [2.75, 3.05) is 20.8 Å². The Morgan fingerprint density at radius 2 is 1.95 bits per heavy atom. The largest absolute Gasteiger partial charge is 0.497 e. The molecule has 0 fully saturated rings. The molecule has 2 rings (SSSR count). The molecular weight excluding hydrogens is 272 g/mol. The summed E-state index contributed by atoms with van der Waals surface area (Å²) in [6.45, 7) is 3.80. The molecule has 0 saturated heterocycles. The Morgan fingerprint density at radius 1 is 1.20 bits per heavy atom. The van der Waals surface area contributed by atoms with Gasteiger partial charge in [-0.1, -0.05) is 0 Å². The van der Waals surface area contributed by atoms with Crippen LogP contribution in [-0.4, -0.2) is 25.4 Å². The summed E-state index contributed by atoms with van der Waals surface area (Å²) in [6.07, 6.45) is 0.990. The number of nitrogens with zero attached hydrogens (tertiary/aromatic N) is 2. The molecule has 0 aliphatic heterocycles. The van der Waals surface area contributed by atoms with Crippen molar-refractivity contribution in [3.05, 3.63) is 40.1 Å². The van der Waals surface area contributed by atoms with Gasteiger partial charge in [0, 0.05) is 31.3 Å². The van der Waals surface area contributed by atoms with E-state index < -0.39 is 0 Å². The minimum atomic E-state index is 0.768. The highest BCUT2D eigenvalue weighted by Gasteiger charge is 2.01. The topological polar surface area (TPSA) is 35.8 Å². The van der Waals surface area contributed by atoms with Gasteiger partial charge in [-0.3, -0.25) is 0 Å². The van der Waals surface area contributed by atoms with Crippen LogP contribution in [0.3, 0.4) is 0 Å². The lowest BCUT2D eigenvalue weighted by atomic mass is 10.3. The number of aryl methyl sites for hydroxylation is 1. The Labute approximate surface area is 123 Å². The molecule has 1 heterocycles. The second-order valence-electron chi connectivity index (χ2n) is 4.47. The predicted molar refractivity (Wildman–Crippen MR) is 81.8 cm³/mol. The Morgan fingerprint density at radius 3 is 2.60 bits per heavy atom. The molecule has 0 amide bonds. The predicted octanol–water partition coefficient (Wildman–Crippen LogP) is 3.14. The van der Waals surface area contributed by atoms with Crippen LogP contribution in [-0.2, 0) is 11.3 Å². The monoisotopic (exact) mass is 292 g/mol. The highest BCUT2D eigenvalue weighted by Crippen LogP contribution is 2.17. The van der Waals surface area contributed by atoms with Gasteiger partial charge in [-0.05, 0) is 37.6 Å². The first-order chi connectivity index (χ1) is 9.74. The van der Waals surface area contributed by atoms with Crippen molar-refractivity contribution in [3.63, 3.8) is 0 Å². The first-order valence-electron chi connectivity index (χ1n) is 6.57. The summed E-state index contributed by atoms with van der Waals surface area (Å²) >= 11 is 1.66. The SMILES string of the molecule is COCCCn1c(C)csc1=Nc1ccc(OC)cc1. The summed E-state index contributed by atoms with van der Waals surface area (Å²) in [6, 6.07) is 7.78. The summed E-state index contributed by atoms with van der Waals surface area (Å²) < 4.78 is 12.5. The third-order valence-corrected chi connectivity index (χ3v) is 4.00. The van der Waals surface area contributed by atoms with Crippen molar-refractivity contribution < 1.29 is 9.47 Å². The third-order valence-electron chi connectivity index (χ3n) is 3.02. The zero-order chi connectivity index (χ0) is 14.4. The lowest BCUT2D eigenvalue weighted by Gasteiger charge is -2.05. The van der Waals surface area contributed by atoms with E-state index in [4.69, 9.17) is 14.5 Å². The number of thiazole rings is 1. The van der Waals surface area contributed by atoms with Crippen LogP contribution >= 0.6 is 11.3 Å². The normalized spacial score (nSPS) is 11.8. The van der Waals surface area contributed by atoms with E-state index in [9.17, 15) is 0 Å².